The summed E-state index contributed by atoms with van der Waals surface area (Å²) >= 11 is 0. The predicted octanol–water partition coefficient (Wildman–Crippen LogP) is 6.08. The molecule has 0 unspecified atom stereocenters. The number of carbonyl (C=O) groups is 2. The van der Waals surface area contributed by atoms with E-state index in [1.54, 1.807) is 0 Å². The Morgan fingerprint density at radius 2 is 1.07 bits per heavy atom. The Morgan fingerprint density at radius 3 is 1.51 bits per heavy atom. The minimum absolute atomic E-state index is 0. The van der Waals surface area contributed by atoms with Crippen molar-refractivity contribution in [3.05, 3.63) is 53.6 Å². The zero-order valence-corrected chi connectivity index (χ0v) is 30.9. The summed E-state index contributed by atoms with van der Waals surface area (Å²) in [6, 6.07) is 3.56. The standard InChI is InChI=1S/C34H54O7S.K/c1-3-5-7-9-11-13-15-17-19-21-23-28-40-33(35)30-26-25-27-31(42(37,38)39)32(30)34(36)41-29-24-22-20-18-16-14-12-10-8-6-4-2;/h11-14,25-27H,3-10,15-24,28-29H2,1-2H3,(H,37,38,39);/q;+1/p-1/b13-11+,14-12+;. The Labute approximate surface area is 303 Å². The molecule has 0 aliphatic heterocycles. The van der Waals surface area contributed by atoms with Crippen LogP contribution in [-0.4, -0.2) is 38.1 Å². The zero-order valence-electron chi connectivity index (χ0n) is 26.9. The van der Waals surface area contributed by atoms with Crippen LogP contribution in [-0.2, 0) is 19.6 Å². The molecule has 0 atom stereocenters. The average molecular weight is 645 g/mol. The normalized spacial score (nSPS) is 11.6. The number of esters is 2. The molecule has 0 bridgehead atoms. The second kappa shape index (κ2) is 27.5. The molecule has 238 valence electrons. The Balaban J connectivity index is 0.0000176. The molecule has 0 saturated heterocycles. The van der Waals surface area contributed by atoms with Crippen LogP contribution < -0.4 is 51.4 Å². The molecular formula is C34H53KO7S. The zero-order chi connectivity index (χ0) is 30.9. The van der Waals surface area contributed by atoms with Gasteiger partial charge in [-0.1, -0.05) is 95.6 Å². The van der Waals surface area contributed by atoms with Crippen LogP contribution in [0.25, 0.3) is 0 Å². The predicted molar refractivity (Wildman–Crippen MR) is 168 cm³/mol. The van der Waals surface area contributed by atoms with E-state index in [2.05, 4.69) is 38.2 Å². The van der Waals surface area contributed by atoms with Crippen molar-refractivity contribution in [3.8, 4) is 0 Å². The number of hydrogen-bond donors (Lipinski definition) is 0. The SMILES string of the molecule is CCCCC/C=C/CCCCCCOC(=O)c1cccc(S(=O)(=O)[O-])c1C(=O)OCCCCCC/C=C/CCCCC.[K+]. The van der Waals surface area contributed by atoms with Gasteiger partial charge < -0.3 is 14.0 Å². The van der Waals surface area contributed by atoms with Gasteiger partial charge in [-0.05, 0) is 76.3 Å². The molecule has 0 saturated carbocycles. The second-order valence-electron chi connectivity index (χ2n) is 10.7. The fourth-order valence-corrected chi connectivity index (χ4v) is 5.22. The first-order valence-electron chi connectivity index (χ1n) is 16.1. The van der Waals surface area contributed by atoms with Crippen LogP contribution in [0, 0.1) is 0 Å². The van der Waals surface area contributed by atoms with E-state index in [0.29, 0.717) is 12.8 Å². The molecule has 0 spiro atoms. The van der Waals surface area contributed by atoms with Crippen LogP contribution in [0.3, 0.4) is 0 Å². The van der Waals surface area contributed by atoms with Gasteiger partial charge in [-0.25, -0.2) is 18.0 Å². The van der Waals surface area contributed by atoms with Crippen molar-refractivity contribution in [1.82, 2.24) is 0 Å². The third kappa shape index (κ3) is 20.8. The van der Waals surface area contributed by atoms with E-state index >= 15 is 0 Å². The van der Waals surface area contributed by atoms with Crippen molar-refractivity contribution in [2.75, 3.05) is 13.2 Å². The van der Waals surface area contributed by atoms with E-state index < -0.39 is 32.5 Å². The molecule has 0 aliphatic carbocycles. The summed E-state index contributed by atoms with van der Waals surface area (Å²) in [6.45, 7) is 4.60. The van der Waals surface area contributed by atoms with Gasteiger partial charge in [0.25, 0.3) is 0 Å². The summed E-state index contributed by atoms with van der Waals surface area (Å²) in [5.74, 6) is -1.85. The molecule has 0 aromatic heterocycles. The number of allylic oxidation sites excluding steroid dienone is 4. The van der Waals surface area contributed by atoms with Crippen LogP contribution in [0.5, 0.6) is 0 Å². The Kier molecular flexibility index (Phi) is 27.0. The third-order valence-electron chi connectivity index (χ3n) is 7.00. The average Bonchev–Trinajstić information content (AvgIpc) is 2.97. The maximum Gasteiger partial charge on any atom is 1.00 e. The van der Waals surface area contributed by atoms with Crippen molar-refractivity contribution < 1.29 is 83.4 Å². The van der Waals surface area contributed by atoms with Gasteiger partial charge in [0.15, 0.2) is 0 Å². The fraction of sp³-hybridized carbons (Fsp3) is 0.647. The summed E-state index contributed by atoms with van der Waals surface area (Å²) in [5, 5.41) is 0. The monoisotopic (exact) mass is 644 g/mol. The number of carbonyl (C=O) groups excluding carboxylic acids is 2. The molecule has 0 heterocycles. The summed E-state index contributed by atoms with van der Waals surface area (Å²) in [4.78, 5) is 24.8. The fourth-order valence-electron chi connectivity index (χ4n) is 4.53. The van der Waals surface area contributed by atoms with E-state index in [9.17, 15) is 22.6 Å². The van der Waals surface area contributed by atoms with Gasteiger partial charge in [0.05, 0.1) is 29.2 Å². The Hall–Kier alpha value is -0.814. The molecular weight excluding hydrogens is 592 g/mol. The quantitative estimate of drug-likeness (QED) is 0.0417. The molecule has 7 nitrogen and oxygen atoms in total. The largest absolute Gasteiger partial charge is 1.00 e. The van der Waals surface area contributed by atoms with Crippen LogP contribution in [0.2, 0.25) is 0 Å². The maximum absolute atomic E-state index is 12.8. The van der Waals surface area contributed by atoms with E-state index in [-0.39, 0.29) is 70.2 Å². The second-order valence-corrected chi connectivity index (χ2v) is 12.1. The summed E-state index contributed by atoms with van der Waals surface area (Å²) < 4.78 is 46.2. The van der Waals surface area contributed by atoms with Gasteiger partial charge in [-0.15, -0.1) is 0 Å². The number of benzene rings is 1. The van der Waals surface area contributed by atoms with Crippen molar-refractivity contribution in [2.24, 2.45) is 0 Å². The first-order valence-corrected chi connectivity index (χ1v) is 17.5. The van der Waals surface area contributed by atoms with Gasteiger partial charge in [0.1, 0.15) is 10.1 Å². The Morgan fingerprint density at radius 1 is 0.651 bits per heavy atom. The van der Waals surface area contributed by atoms with Crippen LogP contribution in [0.4, 0.5) is 0 Å². The molecule has 0 amide bonds. The van der Waals surface area contributed by atoms with E-state index in [1.807, 2.05) is 0 Å². The van der Waals surface area contributed by atoms with Gasteiger partial charge in [0, 0.05) is 0 Å². The summed E-state index contributed by atoms with van der Waals surface area (Å²) in [6.07, 6.45) is 27.7. The van der Waals surface area contributed by atoms with E-state index in [4.69, 9.17) is 9.47 Å². The number of ether oxygens (including phenoxy) is 2. The molecule has 1 aromatic rings. The summed E-state index contributed by atoms with van der Waals surface area (Å²) in [7, 11) is -5.01. The Bertz CT molecular complexity index is 1050. The van der Waals surface area contributed by atoms with Gasteiger partial charge in [0.2, 0.25) is 0 Å². The molecule has 1 aromatic carbocycles. The van der Waals surface area contributed by atoms with Crippen molar-refractivity contribution in [2.45, 2.75) is 134 Å². The molecule has 9 heteroatoms. The van der Waals surface area contributed by atoms with Crippen molar-refractivity contribution >= 4 is 22.1 Å². The topological polar surface area (TPSA) is 110 Å². The molecule has 43 heavy (non-hydrogen) atoms. The maximum atomic E-state index is 12.8. The van der Waals surface area contributed by atoms with Gasteiger partial charge in [-0.2, -0.15) is 0 Å². The van der Waals surface area contributed by atoms with E-state index in [0.717, 1.165) is 70.3 Å². The number of hydrogen-bond acceptors (Lipinski definition) is 7. The van der Waals surface area contributed by atoms with Crippen molar-refractivity contribution in [3.63, 3.8) is 0 Å². The molecule has 0 radical (unpaired) electrons. The minimum atomic E-state index is -5.01. The van der Waals surface area contributed by atoms with Gasteiger partial charge in [-0.3, -0.25) is 0 Å². The van der Waals surface area contributed by atoms with Gasteiger partial charge >= 0.3 is 63.3 Å². The number of rotatable bonds is 25. The van der Waals surface area contributed by atoms with Crippen LogP contribution >= 0.6 is 0 Å². The molecule has 0 N–H and O–H groups in total. The van der Waals surface area contributed by atoms with E-state index in [1.165, 1.54) is 50.7 Å². The first-order chi connectivity index (χ1) is 20.3. The molecule has 0 fully saturated rings. The van der Waals surface area contributed by atoms with Crippen LogP contribution in [0.1, 0.15) is 150 Å². The molecule has 1 rings (SSSR count). The smallest absolute Gasteiger partial charge is 0.744 e. The van der Waals surface area contributed by atoms with Crippen LogP contribution in [0.15, 0.2) is 47.4 Å². The summed E-state index contributed by atoms with van der Waals surface area (Å²) in [5.41, 5.74) is -0.813. The van der Waals surface area contributed by atoms with Crippen molar-refractivity contribution in [1.29, 1.82) is 0 Å². The molecule has 0 aliphatic rings. The first kappa shape index (κ1) is 42.2. The minimum Gasteiger partial charge on any atom is -0.744 e. The number of unbranched alkanes of at least 4 members (excludes halogenated alkanes) is 14. The third-order valence-corrected chi connectivity index (χ3v) is 7.88.